The van der Waals surface area contributed by atoms with Gasteiger partial charge in [-0.3, -0.25) is 9.48 Å². The third-order valence-corrected chi connectivity index (χ3v) is 5.29. The van der Waals surface area contributed by atoms with E-state index in [1.54, 1.807) is 31.7 Å². The molecule has 30 heavy (non-hydrogen) atoms. The number of halogens is 4. The lowest BCUT2D eigenvalue weighted by atomic mass is 10.1. The van der Waals surface area contributed by atoms with E-state index >= 15 is 0 Å². The Kier molecular flexibility index (Phi) is 5.39. The molecule has 0 atom stereocenters. The van der Waals surface area contributed by atoms with Crippen molar-refractivity contribution in [3.05, 3.63) is 58.0 Å². The first-order valence-corrected chi connectivity index (χ1v) is 9.58. The minimum atomic E-state index is -3.06. The van der Waals surface area contributed by atoms with Gasteiger partial charge in [-0.1, -0.05) is 11.6 Å². The molecule has 1 N–H and O–H groups in total. The minimum Gasteiger partial charge on any atom is -0.434 e. The molecule has 0 radical (unpaired) electrons. The molecule has 0 saturated carbocycles. The average Bonchev–Trinajstić information content (AvgIpc) is 3.27. The van der Waals surface area contributed by atoms with Crippen LogP contribution in [-0.2, 0) is 7.05 Å². The molecule has 8 nitrogen and oxygen atoms in total. The Morgan fingerprint density at radius 2 is 2.17 bits per heavy atom. The molecular formula is C18H12BrClF2N6O2. The van der Waals surface area contributed by atoms with Crippen molar-refractivity contribution in [2.45, 2.75) is 6.61 Å². The van der Waals surface area contributed by atoms with Crippen LogP contribution in [0.15, 0.2) is 47.5 Å². The Bertz CT molecular complexity index is 1260. The molecule has 0 bridgehead atoms. The van der Waals surface area contributed by atoms with Crippen LogP contribution in [0.4, 0.5) is 14.5 Å². The number of benzene rings is 1. The second-order valence-electron chi connectivity index (χ2n) is 6.11. The topological polar surface area (TPSA) is 86.3 Å². The first kappa shape index (κ1) is 20.2. The Morgan fingerprint density at radius 3 is 2.93 bits per heavy atom. The standard InChI is InChI=1S/C18H12BrClF2N6O2/c1-27-8-13(25-17(29)10-7-24-28-4-2-3-23-16(10)28)15(26-27)9-5-11(19)12(20)6-14(9)30-18(21)22/h2-8,18H,1H3,(H,25,29). The van der Waals surface area contributed by atoms with Gasteiger partial charge in [0.2, 0.25) is 0 Å². The molecule has 0 aliphatic heterocycles. The van der Waals surface area contributed by atoms with Crippen LogP contribution < -0.4 is 10.1 Å². The number of nitrogens with one attached hydrogen (secondary N) is 1. The van der Waals surface area contributed by atoms with Crippen LogP contribution in [0.5, 0.6) is 5.75 Å². The molecule has 12 heteroatoms. The van der Waals surface area contributed by atoms with Crippen LogP contribution in [-0.4, -0.2) is 36.9 Å². The van der Waals surface area contributed by atoms with Gasteiger partial charge in [-0.15, -0.1) is 0 Å². The highest BCUT2D eigenvalue weighted by atomic mass is 79.9. The normalized spacial score (nSPS) is 11.3. The third-order valence-electron chi connectivity index (χ3n) is 4.09. The first-order chi connectivity index (χ1) is 14.3. The largest absolute Gasteiger partial charge is 0.434 e. The Labute approximate surface area is 181 Å². The zero-order valence-corrected chi connectivity index (χ0v) is 17.5. The number of aromatic nitrogens is 5. The van der Waals surface area contributed by atoms with Crippen LogP contribution in [0.2, 0.25) is 5.02 Å². The van der Waals surface area contributed by atoms with Crippen molar-refractivity contribution in [3.8, 4) is 17.0 Å². The molecule has 1 amide bonds. The average molecular weight is 498 g/mol. The van der Waals surface area contributed by atoms with E-state index in [2.05, 4.69) is 41.2 Å². The molecule has 154 valence electrons. The SMILES string of the molecule is Cn1cc(NC(=O)c2cnn3cccnc23)c(-c2cc(Br)c(Cl)cc2OC(F)F)n1. The number of fused-ring (bicyclic) bond motifs is 1. The Balaban J connectivity index is 1.75. The molecule has 0 aliphatic carbocycles. The summed E-state index contributed by atoms with van der Waals surface area (Å²) in [5, 5.41) is 11.3. The van der Waals surface area contributed by atoms with Gasteiger partial charge in [0.25, 0.3) is 5.91 Å². The number of anilines is 1. The summed E-state index contributed by atoms with van der Waals surface area (Å²) in [6, 6.07) is 4.43. The molecule has 1 aromatic carbocycles. The van der Waals surface area contributed by atoms with Gasteiger partial charge in [-0.05, 0) is 28.1 Å². The van der Waals surface area contributed by atoms with E-state index in [1.165, 1.54) is 27.5 Å². The van der Waals surface area contributed by atoms with Crippen molar-refractivity contribution >= 4 is 44.8 Å². The fourth-order valence-electron chi connectivity index (χ4n) is 2.86. The van der Waals surface area contributed by atoms with Crippen molar-refractivity contribution in [3.63, 3.8) is 0 Å². The summed E-state index contributed by atoms with van der Waals surface area (Å²) in [6.45, 7) is -3.06. The lowest BCUT2D eigenvalue weighted by Gasteiger charge is -2.12. The van der Waals surface area contributed by atoms with Gasteiger partial charge in [0, 0.05) is 41.7 Å². The predicted molar refractivity (Wildman–Crippen MR) is 109 cm³/mol. The van der Waals surface area contributed by atoms with Gasteiger partial charge in [-0.25, -0.2) is 9.50 Å². The zero-order chi connectivity index (χ0) is 21.4. The van der Waals surface area contributed by atoms with Crippen molar-refractivity contribution in [1.82, 2.24) is 24.4 Å². The number of carbonyl (C=O) groups excluding carboxylic acids is 1. The van der Waals surface area contributed by atoms with Crippen LogP contribution in [0.3, 0.4) is 0 Å². The number of aryl methyl sites for hydroxylation is 1. The zero-order valence-electron chi connectivity index (χ0n) is 15.2. The maximum atomic E-state index is 12.9. The van der Waals surface area contributed by atoms with Crippen LogP contribution >= 0.6 is 27.5 Å². The van der Waals surface area contributed by atoms with E-state index in [1.807, 2.05) is 0 Å². The highest BCUT2D eigenvalue weighted by Gasteiger charge is 2.22. The molecule has 4 rings (SSSR count). The highest BCUT2D eigenvalue weighted by molar-refractivity contribution is 9.10. The Morgan fingerprint density at radius 1 is 1.37 bits per heavy atom. The summed E-state index contributed by atoms with van der Waals surface area (Å²) in [7, 11) is 1.63. The molecule has 0 saturated heterocycles. The van der Waals surface area contributed by atoms with Gasteiger partial charge in [0.1, 0.15) is 17.0 Å². The van der Waals surface area contributed by atoms with Gasteiger partial charge < -0.3 is 10.1 Å². The van der Waals surface area contributed by atoms with Crippen molar-refractivity contribution in [2.75, 3.05) is 5.32 Å². The number of rotatable bonds is 5. The Hall–Kier alpha value is -3.05. The quantitative estimate of drug-likeness (QED) is 0.442. The molecular weight excluding hydrogens is 486 g/mol. The van der Waals surface area contributed by atoms with Crippen molar-refractivity contribution < 1.29 is 18.3 Å². The molecule has 0 unspecified atom stereocenters. The summed E-state index contributed by atoms with van der Waals surface area (Å²) < 4.78 is 33.8. The fourth-order valence-corrected chi connectivity index (χ4v) is 3.36. The lowest BCUT2D eigenvalue weighted by Crippen LogP contribution is -2.12. The first-order valence-electron chi connectivity index (χ1n) is 8.41. The van der Waals surface area contributed by atoms with Gasteiger partial charge >= 0.3 is 6.61 Å². The number of amides is 1. The van der Waals surface area contributed by atoms with Crippen LogP contribution in [0.1, 0.15) is 10.4 Å². The monoisotopic (exact) mass is 496 g/mol. The van der Waals surface area contributed by atoms with Crippen molar-refractivity contribution in [1.29, 1.82) is 0 Å². The number of ether oxygens (including phenoxy) is 1. The van der Waals surface area contributed by atoms with E-state index in [9.17, 15) is 13.6 Å². The predicted octanol–water partition coefficient (Wildman–Crippen LogP) is 4.40. The third kappa shape index (κ3) is 3.85. The maximum absolute atomic E-state index is 12.9. The maximum Gasteiger partial charge on any atom is 0.387 e. The minimum absolute atomic E-state index is 0.176. The van der Waals surface area contributed by atoms with E-state index in [4.69, 9.17) is 11.6 Å². The summed E-state index contributed by atoms with van der Waals surface area (Å²) in [4.78, 5) is 17.0. The smallest absolute Gasteiger partial charge is 0.387 e. The van der Waals surface area contributed by atoms with Crippen molar-refractivity contribution in [2.24, 2.45) is 7.05 Å². The molecule has 0 fully saturated rings. The van der Waals surface area contributed by atoms with Crippen LogP contribution in [0, 0.1) is 0 Å². The summed E-state index contributed by atoms with van der Waals surface area (Å²) in [6.07, 6.45) is 6.13. The van der Waals surface area contributed by atoms with E-state index < -0.39 is 12.5 Å². The molecule has 3 heterocycles. The second kappa shape index (κ2) is 8.00. The summed E-state index contributed by atoms with van der Waals surface area (Å²) in [5.41, 5.74) is 1.35. The number of hydrogen-bond acceptors (Lipinski definition) is 5. The van der Waals surface area contributed by atoms with Crippen LogP contribution in [0.25, 0.3) is 16.9 Å². The number of carbonyl (C=O) groups is 1. The van der Waals surface area contributed by atoms with Gasteiger partial charge in [0.05, 0.1) is 16.9 Å². The fraction of sp³-hybridized carbons (Fsp3) is 0.111. The van der Waals surface area contributed by atoms with Gasteiger partial charge in [0.15, 0.2) is 5.65 Å². The lowest BCUT2D eigenvalue weighted by molar-refractivity contribution is -0.0494. The molecule has 4 aromatic rings. The summed E-state index contributed by atoms with van der Waals surface area (Å²) in [5.74, 6) is -0.660. The van der Waals surface area contributed by atoms with E-state index in [0.717, 1.165) is 0 Å². The van der Waals surface area contributed by atoms with Gasteiger partial charge in [-0.2, -0.15) is 19.0 Å². The number of alkyl halides is 2. The van der Waals surface area contributed by atoms with E-state index in [0.29, 0.717) is 10.1 Å². The second-order valence-corrected chi connectivity index (χ2v) is 7.37. The molecule has 0 spiro atoms. The molecule has 0 aliphatic rings. The number of nitrogens with zero attached hydrogens (tertiary/aromatic N) is 5. The summed E-state index contributed by atoms with van der Waals surface area (Å²) >= 11 is 9.29. The van der Waals surface area contributed by atoms with E-state index in [-0.39, 0.29) is 33.3 Å². The highest BCUT2D eigenvalue weighted by Crippen LogP contribution is 2.40. The number of hydrogen-bond donors (Lipinski definition) is 1. The molecule has 3 aromatic heterocycles.